The number of phenols is 1. The molecule has 0 saturated carbocycles. The molecule has 12 heteroatoms. The van der Waals surface area contributed by atoms with Crippen LogP contribution < -0.4 is 16.8 Å². The summed E-state index contributed by atoms with van der Waals surface area (Å²) in [6.07, 6.45) is 0.453. The summed E-state index contributed by atoms with van der Waals surface area (Å²) in [6.45, 7) is -0.343. The van der Waals surface area contributed by atoms with Crippen LogP contribution in [0.5, 0.6) is 5.75 Å². The number of aliphatic imine (C=N–C) groups is 1. The maximum absolute atomic E-state index is 13.4. The lowest BCUT2D eigenvalue weighted by Crippen LogP contribution is -2.50. The van der Waals surface area contributed by atoms with E-state index in [2.05, 4.69) is 10.3 Å². The molecule has 188 valence electrons. The molecule has 1 atom stereocenters. The first-order valence-electron chi connectivity index (χ1n) is 10.6. The number of hydrogen-bond acceptors (Lipinski definition) is 5. The molecule has 2 aromatic carbocycles. The van der Waals surface area contributed by atoms with E-state index in [4.69, 9.17) is 39.8 Å². The molecule has 2 amide bonds. The van der Waals surface area contributed by atoms with E-state index in [-0.39, 0.29) is 42.7 Å². The molecule has 0 spiro atoms. The molecule has 0 aliphatic heterocycles. The third-order valence-corrected chi connectivity index (χ3v) is 5.71. The average molecular weight is 524 g/mol. The van der Waals surface area contributed by atoms with E-state index in [9.17, 15) is 19.5 Å². The summed E-state index contributed by atoms with van der Waals surface area (Å²) in [4.78, 5) is 42.7. The number of guanidine groups is 1. The van der Waals surface area contributed by atoms with Crippen molar-refractivity contribution in [3.8, 4) is 5.75 Å². The van der Waals surface area contributed by atoms with Crippen molar-refractivity contribution in [2.45, 2.75) is 31.8 Å². The first-order chi connectivity index (χ1) is 16.6. The molecule has 0 fully saturated rings. The molecule has 0 radical (unpaired) electrons. The van der Waals surface area contributed by atoms with Crippen LogP contribution in [0.3, 0.4) is 0 Å². The van der Waals surface area contributed by atoms with Gasteiger partial charge in [-0.25, -0.2) is 0 Å². The second-order valence-corrected chi connectivity index (χ2v) is 8.50. The summed E-state index contributed by atoms with van der Waals surface area (Å²) < 4.78 is 0. The molecule has 2 aromatic rings. The van der Waals surface area contributed by atoms with Crippen molar-refractivity contribution in [1.82, 2.24) is 10.2 Å². The molecule has 0 aliphatic rings. The Morgan fingerprint density at radius 1 is 1.03 bits per heavy atom. The van der Waals surface area contributed by atoms with Crippen LogP contribution in [-0.2, 0) is 27.3 Å². The van der Waals surface area contributed by atoms with Crippen LogP contribution in [0.2, 0.25) is 10.0 Å². The molecule has 35 heavy (non-hydrogen) atoms. The van der Waals surface area contributed by atoms with Crippen molar-refractivity contribution in [2.75, 3.05) is 13.1 Å². The number of carboxylic acid groups (broad SMARTS) is 1. The Bertz CT molecular complexity index is 1070. The fourth-order valence-corrected chi connectivity index (χ4v) is 3.62. The summed E-state index contributed by atoms with van der Waals surface area (Å²) in [7, 11) is 0. The zero-order chi connectivity index (χ0) is 26.0. The monoisotopic (exact) mass is 523 g/mol. The fourth-order valence-electron chi connectivity index (χ4n) is 3.30. The van der Waals surface area contributed by atoms with Gasteiger partial charge in [0.1, 0.15) is 18.3 Å². The molecule has 0 unspecified atom stereocenters. The van der Waals surface area contributed by atoms with Gasteiger partial charge in [-0.05, 0) is 48.2 Å². The summed E-state index contributed by atoms with van der Waals surface area (Å²) in [5, 5.41) is 21.6. The van der Waals surface area contributed by atoms with E-state index in [0.29, 0.717) is 22.6 Å². The van der Waals surface area contributed by atoms with E-state index in [0.717, 1.165) is 0 Å². The van der Waals surface area contributed by atoms with Gasteiger partial charge in [-0.15, -0.1) is 0 Å². The number of phenolic OH excluding ortho intramolecular Hbond substituents is 1. The smallest absolute Gasteiger partial charge is 0.322 e. The van der Waals surface area contributed by atoms with Gasteiger partial charge in [0.15, 0.2) is 5.96 Å². The van der Waals surface area contributed by atoms with Crippen molar-refractivity contribution >= 4 is 46.9 Å². The lowest BCUT2D eigenvalue weighted by Gasteiger charge is -2.31. The number of carbonyl (C=O) groups excluding carboxylic acids is 2. The number of carboxylic acids is 1. The quantitative estimate of drug-likeness (QED) is 0.160. The predicted molar refractivity (Wildman–Crippen MR) is 133 cm³/mol. The normalized spacial score (nSPS) is 11.4. The molecule has 0 bridgehead atoms. The van der Waals surface area contributed by atoms with Gasteiger partial charge in [0, 0.05) is 13.1 Å². The Balaban J connectivity index is 2.36. The molecule has 0 aromatic heterocycles. The second-order valence-electron chi connectivity index (χ2n) is 7.69. The number of aliphatic carboxylic acids is 1. The second kappa shape index (κ2) is 13.4. The molecule has 0 aliphatic carbocycles. The van der Waals surface area contributed by atoms with Crippen molar-refractivity contribution in [2.24, 2.45) is 16.5 Å². The van der Waals surface area contributed by atoms with Gasteiger partial charge >= 0.3 is 5.97 Å². The number of nitrogens with two attached hydrogens (primary N) is 2. The highest BCUT2D eigenvalue weighted by Crippen LogP contribution is 2.24. The van der Waals surface area contributed by atoms with Crippen LogP contribution in [0.15, 0.2) is 47.5 Å². The van der Waals surface area contributed by atoms with E-state index in [1.54, 1.807) is 30.3 Å². The highest BCUT2D eigenvalue weighted by molar-refractivity contribution is 6.42. The lowest BCUT2D eigenvalue weighted by atomic mass is 10.0. The topological polar surface area (TPSA) is 171 Å². The Morgan fingerprint density at radius 2 is 1.69 bits per heavy atom. The third kappa shape index (κ3) is 9.34. The first-order valence-corrected chi connectivity index (χ1v) is 11.4. The van der Waals surface area contributed by atoms with Crippen LogP contribution in [0.4, 0.5) is 0 Å². The van der Waals surface area contributed by atoms with Crippen LogP contribution in [0.1, 0.15) is 24.0 Å². The minimum Gasteiger partial charge on any atom is -0.508 e. The number of nitrogens with one attached hydrogen (secondary N) is 1. The van der Waals surface area contributed by atoms with Crippen LogP contribution in [0, 0.1) is 0 Å². The number of nitrogens with zero attached hydrogens (tertiary/aromatic N) is 2. The fraction of sp³-hybridized carbons (Fsp3) is 0.304. The van der Waals surface area contributed by atoms with Crippen molar-refractivity contribution < 1.29 is 24.6 Å². The molecule has 2 rings (SSSR count). The molecule has 7 N–H and O–H groups in total. The zero-order valence-corrected chi connectivity index (χ0v) is 20.3. The SMILES string of the molecule is NC(N)=NCCC[C@H](C(=O)NCC(=O)O)N(Cc1ccc(O)cc1)C(=O)Cc1ccc(Cl)c(Cl)c1. The van der Waals surface area contributed by atoms with E-state index in [1.807, 2.05) is 0 Å². The number of hydrogen-bond donors (Lipinski definition) is 5. The van der Waals surface area contributed by atoms with Crippen LogP contribution in [0.25, 0.3) is 0 Å². The zero-order valence-electron chi connectivity index (χ0n) is 18.8. The lowest BCUT2D eigenvalue weighted by molar-refractivity contribution is -0.142. The van der Waals surface area contributed by atoms with Crippen LogP contribution >= 0.6 is 23.2 Å². The molecular formula is C23H27Cl2N5O5. The first kappa shape index (κ1) is 27.7. The van der Waals surface area contributed by atoms with Gasteiger partial charge in [0.2, 0.25) is 11.8 Å². The minimum atomic E-state index is -1.22. The van der Waals surface area contributed by atoms with E-state index < -0.39 is 30.4 Å². The summed E-state index contributed by atoms with van der Waals surface area (Å²) in [5.74, 6) is -2.29. The highest BCUT2D eigenvalue weighted by Gasteiger charge is 2.30. The van der Waals surface area contributed by atoms with Crippen LogP contribution in [-0.4, -0.2) is 58.0 Å². The van der Waals surface area contributed by atoms with Gasteiger partial charge in [-0.2, -0.15) is 0 Å². The average Bonchev–Trinajstić information content (AvgIpc) is 2.79. The molecule has 0 saturated heterocycles. The molecule has 10 nitrogen and oxygen atoms in total. The summed E-state index contributed by atoms with van der Waals surface area (Å²) >= 11 is 12.1. The van der Waals surface area contributed by atoms with E-state index >= 15 is 0 Å². The Labute approximate surface area is 212 Å². The van der Waals surface area contributed by atoms with Crippen molar-refractivity contribution in [1.29, 1.82) is 0 Å². The highest BCUT2D eigenvalue weighted by atomic mass is 35.5. The summed E-state index contributed by atoms with van der Waals surface area (Å²) in [6, 6.07) is 9.98. The number of aromatic hydroxyl groups is 1. The van der Waals surface area contributed by atoms with Crippen molar-refractivity contribution in [3.05, 3.63) is 63.6 Å². The van der Waals surface area contributed by atoms with Gasteiger partial charge in [0.25, 0.3) is 0 Å². The third-order valence-electron chi connectivity index (χ3n) is 4.97. The van der Waals surface area contributed by atoms with Crippen molar-refractivity contribution in [3.63, 3.8) is 0 Å². The maximum atomic E-state index is 13.4. The number of halogens is 2. The molecule has 0 heterocycles. The maximum Gasteiger partial charge on any atom is 0.322 e. The summed E-state index contributed by atoms with van der Waals surface area (Å²) in [5.41, 5.74) is 12.0. The number of benzene rings is 2. The number of amides is 2. The Morgan fingerprint density at radius 3 is 2.29 bits per heavy atom. The van der Waals surface area contributed by atoms with Gasteiger partial charge < -0.3 is 31.9 Å². The Hall–Kier alpha value is -3.50. The van der Waals surface area contributed by atoms with E-state index in [1.165, 1.54) is 17.0 Å². The van der Waals surface area contributed by atoms with Gasteiger partial charge in [0.05, 0.1) is 16.5 Å². The van der Waals surface area contributed by atoms with Gasteiger partial charge in [-0.3, -0.25) is 19.4 Å². The number of rotatable bonds is 12. The Kier molecular flexibility index (Phi) is 10.6. The molecular weight excluding hydrogens is 497 g/mol. The predicted octanol–water partition coefficient (Wildman–Crippen LogP) is 1.89. The van der Waals surface area contributed by atoms with Gasteiger partial charge in [-0.1, -0.05) is 41.4 Å². The number of carbonyl (C=O) groups is 3. The standard InChI is InChI=1S/C23H27Cl2N5O5/c24-17-8-5-15(10-18(17)25)11-20(32)30(13-14-3-6-16(31)7-4-14)19(2-1-9-28-23(26)27)22(35)29-12-21(33)34/h3-8,10,19,31H,1-2,9,11-13H2,(H,29,35)(H,33,34)(H4,26,27,28)/t19-/m1/s1. The largest absolute Gasteiger partial charge is 0.508 e. The minimum absolute atomic E-state index is 0.0356.